The van der Waals surface area contributed by atoms with Gasteiger partial charge in [0.05, 0.1) is 11.4 Å². The molecule has 6 nitrogen and oxygen atoms in total. The zero-order valence-electron chi connectivity index (χ0n) is 16.1. The van der Waals surface area contributed by atoms with Gasteiger partial charge in [-0.05, 0) is 64.1 Å². The van der Waals surface area contributed by atoms with Gasteiger partial charge in [-0.3, -0.25) is 4.79 Å². The molecule has 3 N–H and O–H groups in total. The first-order valence-corrected chi connectivity index (χ1v) is 8.66. The summed E-state index contributed by atoms with van der Waals surface area (Å²) in [5.41, 5.74) is 0.206. The Bertz CT molecular complexity index is 866. The van der Waals surface area contributed by atoms with Gasteiger partial charge in [0.15, 0.2) is 0 Å². The van der Waals surface area contributed by atoms with Crippen LogP contribution < -0.4 is 16.0 Å². The largest absolute Gasteiger partial charge is 0.444 e. The van der Waals surface area contributed by atoms with Crippen LogP contribution in [0.3, 0.4) is 0 Å². The fourth-order valence-electron chi connectivity index (χ4n) is 2.24. The number of alkyl carbamates (subject to hydrolysis) is 1. The first-order chi connectivity index (χ1) is 13.0. The first-order valence-electron chi connectivity index (χ1n) is 8.66. The van der Waals surface area contributed by atoms with E-state index in [0.717, 1.165) is 0 Å². The highest BCUT2D eigenvalue weighted by Crippen LogP contribution is 2.27. The summed E-state index contributed by atoms with van der Waals surface area (Å²) in [5, 5.41) is 7.90. The van der Waals surface area contributed by atoms with E-state index in [9.17, 15) is 18.4 Å². The van der Waals surface area contributed by atoms with Crippen molar-refractivity contribution in [1.29, 1.82) is 0 Å². The number of hydrogen-bond acceptors (Lipinski definition) is 4. The van der Waals surface area contributed by atoms with Crippen LogP contribution in [0.4, 0.5) is 30.6 Å². The minimum absolute atomic E-state index is 0.239. The third-order valence-corrected chi connectivity index (χ3v) is 3.47. The normalized spacial score (nSPS) is 12.1. The Labute approximate surface area is 162 Å². The summed E-state index contributed by atoms with van der Waals surface area (Å²) in [6, 6.07) is 8.45. The van der Waals surface area contributed by atoms with E-state index in [2.05, 4.69) is 16.0 Å². The molecular weight excluding hydrogens is 368 g/mol. The van der Waals surface area contributed by atoms with Crippen molar-refractivity contribution in [2.45, 2.75) is 39.3 Å². The molecule has 0 aliphatic heterocycles. The minimum atomic E-state index is -0.901. The Hall–Kier alpha value is -3.16. The summed E-state index contributed by atoms with van der Waals surface area (Å²) >= 11 is 0. The van der Waals surface area contributed by atoms with Gasteiger partial charge in [-0.25, -0.2) is 13.6 Å². The van der Waals surface area contributed by atoms with E-state index in [1.807, 2.05) is 0 Å². The lowest BCUT2D eigenvalue weighted by molar-refractivity contribution is -0.117. The number of hydrogen-bond donors (Lipinski definition) is 3. The third-order valence-electron chi connectivity index (χ3n) is 3.47. The molecule has 0 saturated carbocycles. The molecule has 0 radical (unpaired) electrons. The number of halogens is 2. The number of ether oxygens (including phenoxy) is 1. The predicted molar refractivity (Wildman–Crippen MR) is 104 cm³/mol. The van der Waals surface area contributed by atoms with Crippen LogP contribution in [0.5, 0.6) is 0 Å². The molecule has 1 unspecified atom stereocenters. The average Bonchev–Trinajstić information content (AvgIpc) is 2.55. The lowest BCUT2D eigenvalue weighted by Gasteiger charge is -2.22. The van der Waals surface area contributed by atoms with Gasteiger partial charge < -0.3 is 20.7 Å². The summed E-state index contributed by atoms with van der Waals surface area (Å²) in [5.74, 6) is -1.52. The molecule has 150 valence electrons. The first kappa shape index (κ1) is 21.1. The summed E-state index contributed by atoms with van der Waals surface area (Å²) in [6.45, 7) is 6.61. The number of carbonyl (C=O) groups excluding carboxylic acids is 2. The molecule has 0 bridgehead atoms. The number of rotatable bonds is 5. The molecule has 2 rings (SSSR count). The van der Waals surface area contributed by atoms with Crippen LogP contribution in [-0.4, -0.2) is 23.6 Å². The van der Waals surface area contributed by atoms with E-state index >= 15 is 0 Å². The topological polar surface area (TPSA) is 79.5 Å². The molecular formula is C20H23F2N3O3. The Morgan fingerprint density at radius 2 is 1.68 bits per heavy atom. The van der Waals surface area contributed by atoms with Crippen molar-refractivity contribution in [1.82, 2.24) is 5.32 Å². The lowest BCUT2D eigenvalue weighted by Crippen LogP contribution is -2.44. The molecule has 0 saturated heterocycles. The maximum atomic E-state index is 13.7. The SMILES string of the molecule is CC(NC(=O)OC(C)(C)C)C(=O)Nc1ccc(F)cc1Nc1cccc(F)c1. The second-order valence-electron chi connectivity index (χ2n) is 7.18. The van der Waals surface area contributed by atoms with E-state index in [4.69, 9.17) is 4.74 Å². The van der Waals surface area contributed by atoms with Gasteiger partial charge in [0, 0.05) is 5.69 Å². The monoisotopic (exact) mass is 391 g/mol. The summed E-state index contributed by atoms with van der Waals surface area (Å²) < 4.78 is 32.1. The van der Waals surface area contributed by atoms with Gasteiger partial charge in [-0.1, -0.05) is 6.07 Å². The second kappa shape index (κ2) is 8.69. The van der Waals surface area contributed by atoms with Crippen LogP contribution in [0, 0.1) is 11.6 Å². The highest BCUT2D eigenvalue weighted by molar-refractivity contribution is 5.99. The van der Waals surface area contributed by atoms with Crippen LogP contribution in [0.2, 0.25) is 0 Å². The number of amides is 2. The zero-order valence-corrected chi connectivity index (χ0v) is 16.1. The van der Waals surface area contributed by atoms with Crippen LogP contribution >= 0.6 is 0 Å². The molecule has 0 spiro atoms. The van der Waals surface area contributed by atoms with Crippen LogP contribution in [0.1, 0.15) is 27.7 Å². The predicted octanol–water partition coefficient (Wildman–Crippen LogP) is 4.56. The number of carbonyl (C=O) groups is 2. The molecule has 0 aliphatic carbocycles. The Morgan fingerprint density at radius 1 is 1.00 bits per heavy atom. The smallest absolute Gasteiger partial charge is 0.408 e. The number of benzene rings is 2. The maximum Gasteiger partial charge on any atom is 0.408 e. The van der Waals surface area contributed by atoms with E-state index in [0.29, 0.717) is 5.69 Å². The van der Waals surface area contributed by atoms with Gasteiger partial charge in [0.1, 0.15) is 23.3 Å². The summed E-state index contributed by atoms with van der Waals surface area (Å²) in [7, 11) is 0. The summed E-state index contributed by atoms with van der Waals surface area (Å²) in [4.78, 5) is 24.2. The van der Waals surface area contributed by atoms with Crippen molar-refractivity contribution in [3.05, 3.63) is 54.1 Å². The average molecular weight is 391 g/mol. The molecule has 28 heavy (non-hydrogen) atoms. The molecule has 2 amide bonds. The fourth-order valence-corrected chi connectivity index (χ4v) is 2.24. The van der Waals surface area contributed by atoms with Crippen LogP contribution in [-0.2, 0) is 9.53 Å². The molecule has 8 heteroatoms. The van der Waals surface area contributed by atoms with Crippen molar-refractivity contribution in [3.63, 3.8) is 0 Å². The Balaban J connectivity index is 2.10. The summed E-state index contributed by atoms with van der Waals surface area (Å²) in [6.07, 6.45) is -0.729. The number of nitrogens with one attached hydrogen (secondary N) is 3. The zero-order chi connectivity index (χ0) is 20.9. The van der Waals surface area contributed by atoms with Gasteiger partial charge >= 0.3 is 6.09 Å². The van der Waals surface area contributed by atoms with E-state index < -0.39 is 35.3 Å². The molecule has 0 heterocycles. The molecule has 0 fully saturated rings. The Morgan fingerprint density at radius 3 is 2.32 bits per heavy atom. The quantitative estimate of drug-likeness (QED) is 0.698. The van der Waals surface area contributed by atoms with E-state index in [1.165, 1.54) is 43.3 Å². The lowest BCUT2D eigenvalue weighted by atomic mass is 10.2. The van der Waals surface area contributed by atoms with Crippen molar-refractivity contribution in [2.75, 3.05) is 10.6 Å². The van der Waals surface area contributed by atoms with Crippen molar-refractivity contribution in [2.24, 2.45) is 0 Å². The molecule has 0 aromatic heterocycles. The van der Waals surface area contributed by atoms with Crippen LogP contribution in [0.25, 0.3) is 0 Å². The minimum Gasteiger partial charge on any atom is -0.444 e. The Kier molecular flexibility index (Phi) is 6.56. The van der Waals surface area contributed by atoms with E-state index in [-0.39, 0.29) is 11.4 Å². The molecule has 0 aliphatic rings. The highest BCUT2D eigenvalue weighted by Gasteiger charge is 2.21. The van der Waals surface area contributed by atoms with Crippen molar-refractivity contribution in [3.8, 4) is 0 Å². The van der Waals surface area contributed by atoms with Gasteiger partial charge in [-0.2, -0.15) is 0 Å². The van der Waals surface area contributed by atoms with Gasteiger partial charge in [0.25, 0.3) is 0 Å². The maximum absolute atomic E-state index is 13.7. The van der Waals surface area contributed by atoms with Crippen molar-refractivity contribution >= 4 is 29.1 Å². The standard InChI is InChI=1S/C20H23F2N3O3/c1-12(23-19(27)28-20(2,3)4)18(26)25-16-9-8-14(22)11-17(16)24-15-7-5-6-13(21)10-15/h5-12,24H,1-4H3,(H,23,27)(H,25,26). The molecule has 2 aromatic rings. The molecule has 1 atom stereocenters. The highest BCUT2D eigenvalue weighted by atomic mass is 19.1. The van der Waals surface area contributed by atoms with Crippen LogP contribution in [0.15, 0.2) is 42.5 Å². The second-order valence-corrected chi connectivity index (χ2v) is 7.18. The van der Waals surface area contributed by atoms with Gasteiger partial charge in [0.2, 0.25) is 5.91 Å². The van der Waals surface area contributed by atoms with Gasteiger partial charge in [-0.15, -0.1) is 0 Å². The molecule has 2 aromatic carbocycles. The fraction of sp³-hybridized carbons (Fsp3) is 0.300. The van der Waals surface area contributed by atoms with E-state index in [1.54, 1.807) is 26.8 Å². The van der Waals surface area contributed by atoms with Crippen molar-refractivity contribution < 1.29 is 23.1 Å². The third kappa shape index (κ3) is 6.53. The number of anilines is 3.